The van der Waals surface area contributed by atoms with Gasteiger partial charge in [0.15, 0.2) is 0 Å². The van der Waals surface area contributed by atoms with E-state index >= 15 is 0 Å². The minimum atomic E-state index is -0.726. The molecule has 28 heavy (non-hydrogen) atoms. The van der Waals surface area contributed by atoms with E-state index in [1.807, 2.05) is 42.5 Å². The van der Waals surface area contributed by atoms with E-state index in [1.54, 1.807) is 42.2 Å². The van der Waals surface area contributed by atoms with Crippen LogP contribution in [-0.4, -0.2) is 15.6 Å². The minimum Gasteiger partial charge on any atom is -0.336 e. The molecule has 140 valence electrons. The molecular formula is C22H19FN4O. The number of hydrogen-bond acceptors (Lipinski definition) is 2. The first-order chi connectivity index (χ1) is 13.6. The van der Waals surface area contributed by atoms with Crippen molar-refractivity contribution in [2.75, 3.05) is 5.32 Å². The van der Waals surface area contributed by atoms with Crippen LogP contribution in [-0.2, 0) is 7.05 Å². The summed E-state index contributed by atoms with van der Waals surface area (Å²) < 4.78 is 16.2. The van der Waals surface area contributed by atoms with Crippen LogP contribution in [0.1, 0.15) is 17.4 Å². The van der Waals surface area contributed by atoms with Crippen LogP contribution in [0, 0.1) is 5.82 Å². The highest BCUT2D eigenvalue weighted by Crippen LogP contribution is 2.25. The Balaban J connectivity index is 1.64. The largest absolute Gasteiger partial charge is 0.336 e. The molecule has 0 fully saturated rings. The van der Waals surface area contributed by atoms with Gasteiger partial charge in [0.05, 0.1) is 5.69 Å². The van der Waals surface area contributed by atoms with E-state index in [0.717, 1.165) is 10.8 Å². The van der Waals surface area contributed by atoms with Gasteiger partial charge in [-0.3, -0.25) is 0 Å². The number of aryl methyl sites for hydroxylation is 1. The number of carbonyl (C=O) groups is 1. The average Bonchev–Trinajstić information content (AvgIpc) is 3.13. The number of benzene rings is 3. The second-order valence-electron chi connectivity index (χ2n) is 6.48. The number of amides is 2. The van der Waals surface area contributed by atoms with Crippen molar-refractivity contribution in [1.29, 1.82) is 0 Å². The minimum absolute atomic E-state index is 0.352. The van der Waals surface area contributed by atoms with Gasteiger partial charge in [0.2, 0.25) is 0 Å². The Hall–Kier alpha value is -3.67. The second kappa shape index (κ2) is 7.52. The second-order valence-corrected chi connectivity index (χ2v) is 6.48. The van der Waals surface area contributed by atoms with Gasteiger partial charge >= 0.3 is 6.03 Å². The number of fused-ring (bicyclic) bond motifs is 1. The molecule has 4 aromatic rings. The van der Waals surface area contributed by atoms with Crippen LogP contribution in [0.25, 0.3) is 10.8 Å². The lowest BCUT2D eigenvalue weighted by Crippen LogP contribution is -2.35. The summed E-state index contributed by atoms with van der Waals surface area (Å²) >= 11 is 0. The van der Waals surface area contributed by atoms with E-state index in [1.165, 1.54) is 6.07 Å². The highest BCUT2D eigenvalue weighted by atomic mass is 19.1. The van der Waals surface area contributed by atoms with Gasteiger partial charge in [-0.25, -0.2) is 14.2 Å². The normalized spacial score (nSPS) is 11.9. The number of urea groups is 1. The van der Waals surface area contributed by atoms with Crippen molar-refractivity contribution < 1.29 is 9.18 Å². The van der Waals surface area contributed by atoms with Crippen molar-refractivity contribution in [3.8, 4) is 0 Å². The summed E-state index contributed by atoms with van der Waals surface area (Å²) in [6, 6.07) is 18.7. The van der Waals surface area contributed by atoms with Crippen molar-refractivity contribution in [3.63, 3.8) is 0 Å². The molecule has 3 aromatic carbocycles. The molecule has 1 unspecified atom stereocenters. The molecule has 0 radical (unpaired) electrons. The van der Waals surface area contributed by atoms with Gasteiger partial charge in [-0.05, 0) is 17.5 Å². The molecule has 0 spiro atoms. The van der Waals surface area contributed by atoms with Crippen LogP contribution >= 0.6 is 0 Å². The molecule has 6 heteroatoms. The maximum absolute atomic E-state index is 14.4. The summed E-state index contributed by atoms with van der Waals surface area (Å²) in [6.07, 6.45) is 3.38. The molecule has 1 atom stereocenters. The maximum atomic E-state index is 14.4. The van der Waals surface area contributed by atoms with Crippen LogP contribution in [0.2, 0.25) is 0 Å². The molecule has 0 aliphatic carbocycles. The fourth-order valence-corrected chi connectivity index (χ4v) is 3.27. The van der Waals surface area contributed by atoms with E-state index < -0.39 is 17.9 Å². The summed E-state index contributed by atoms with van der Waals surface area (Å²) in [5.74, 6) is 0.138. The van der Waals surface area contributed by atoms with Crippen molar-refractivity contribution in [1.82, 2.24) is 14.9 Å². The third-order valence-electron chi connectivity index (χ3n) is 4.65. The molecule has 0 saturated carbocycles. The summed E-state index contributed by atoms with van der Waals surface area (Å²) in [7, 11) is 1.81. The first-order valence-electron chi connectivity index (χ1n) is 8.90. The van der Waals surface area contributed by atoms with Gasteiger partial charge in [-0.1, -0.05) is 54.6 Å². The molecule has 2 amide bonds. The first-order valence-corrected chi connectivity index (χ1v) is 8.90. The van der Waals surface area contributed by atoms with Gasteiger partial charge in [0.1, 0.15) is 17.7 Å². The van der Waals surface area contributed by atoms with Crippen molar-refractivity contribution >= 4 is 22.5 Å². The fraction of sp³-hybridized carbons (Fsp3) is 0.0909. The Morgan fingerprint density at radius 3 is 2.57 bits per heavy atom. The van der Waals surface area contributed by atoms with Crippen LogP contribution in [0.3, 0.4) is 0 Å². The molecular weight excluding hydrogens is 355 g/mol. The zero-order valence-corrected chi connectivity index (χ0v) is 15.3. The fourth-order valence-electron chi connectivity index (χ4n) is 3.27. The van der Waals surface area contributed by atoms with Crippen LogP contribution in [0.5, 0.6) is 0 Å². The van der Waals surface area contributed by atoms with Crippen molar-refractivity contribution in [2.45, 2.75) is 6.04 Å². The lowest BCUT2D eigenvalue weighted by molar-refractivity contribution is 0.249. The lowest BCUT2D eigenvalue weighted by Gasteiger charge is -2.20. The molecule has 2 N–H and O–H groups in total. The number of aromatic nitrogens is 2. The Morgan fingerprint density at radius 2 is 1.79 bits per heavy atom. The zero-order valence-electron chi connectivity index (χ0n) is 15.3. The van der Waals surface area contributed by atoms with Crippen LogP contribution in [0.4, 0.5) is 14.9 Å². The number of nitrogens with zero attached hydrogens (tertiary/aromatic N) is 2. The molecule has 4 rings (SSSR count). The number of halogens is 1. The van der Waals surface area contributed by atoms with Gasteiger partial charge < -0.3 is 15.2 Å². The van der Waals surface area contributed by atoms with Gasteiger partial charge in [0.25, 0.3) is 0 Å². The van der Waals surface area contributed by atoms with E-state index in [4.69, 9.17) is 0 Å². The molecule has 1 aromatic heterocycles. The van der Waals surface area contributed by atoms with Gasteiger partial charge in [-0.15, -0.1) is 0 Å². The number of hydrogen-bond donors (Lipinski definition) is 2. The molecule has 0 saturated heterocycles. The third kappa shape index (κ3) is 3.44. The maximum Gasteiger partial charge on any atom is 0.320 e. The highest BCUT2D eigenvalue weighted by Gasteiger charge is 2.23. The van der Waals surface area contributed by atoms with Crippen LogP contribution < -0.4 is 10.6 Å². The number of rotatable bonds is 4. The molecule has 1 heterocycles. The predicted octanol–water partition coefficient (Wildman–Crippen LogP) is 4.62. The molecule has 0 aliphatic rings. The lowest BCUT2D eigenvalue weighted by atomic mass is 10.1. The van der Waals surface area contributed by atoms with Crippen molar-refractivity contribution in [2.24, 2.45) is 7.05 Å². The Labute approximate surface area is 161 Å². The van der Waals surface area contributed by atoms with E-state index in [9.17, 15) is 9.18 Å². The number of anilines is 1. The molecule has 0 aliphatic heterocycles. The summed E-state index contributed by atoms with van der Waals surface area (Å²) in [4.78, 5) is 17.1. The SMILES string of the molecule is Cn1ccnc1C(NC(=O)Nc1cccc2ccccc12)c1ccccc1F. The Morgan fingerprint density at radius 1 is 1.04 bits per heavy atom. The first kappa shape index (κ1) is 17.7. The monoisotopic (exact) mass is 374 g/mol. The summed E-state index contributed by atoms with van der Waals surface area (Å²) in [6.45, 7) is 0. The molecule has 0 bridgehead atoms. The van der Waals surface area contributed by atoms with Crippen molar-refractivity contribution in [3.05, 3.63) is 96.3 Å². The average molecular weight is 374 g/mol. The Kier molecular flexibility index (Phi) is 4.76. The van der Waals surface area contributed by atoms with E-state index in [-0.39, 0.29) is 0 Å². The molecule has 5 nitrogen and oxygen atoms in total. The topological polar surface area (TPSA) is 59.0 Å². The summed E-state index contributed by atoms with van der Waals surface area (Å²) in [5, 5.41) is 7.69. The van der Waals surface area contributed by atoms with Gasteiger partial charge in [0, 0.05) is 30.4 Å². The van der Waals surface area contributed by atoms with Crippen LogP contribution in [0.15, 0.2) is 79.1 Å². The zero-order chi connectivity index (χ0) is 19.5. The summed E-state index contributed by atoms with van der Waals surface area (Å²) in [5.41, 5.74) is 1.03. The smallest absolute Gasteiger partial charge is 0.320 e. The predicted molar refractivity (Wildman–Crippen MR) is 108 cm³/mol. The van der Waals surface area contributed by atoms with E-state index in [0.29, 0.717) is 17.1 Å². The third-order valence-corrected chi connectivity index (χ3v) is 4.65. The Bertz CT molecular complexity index is 1130. The van der Waals surface area contributed by atoms with E-state index in [2.05, 4.69) is 15.6 Å². The number of carbonyl (C=O) groups excluding carboxylic acids is 1. The number of imidazole rings is 1. The number of nitrogens with one attached hydrogen (secondary N) is 2. The highest BCUT2D eigenvalue weighted by molar-refractivity contribution is 6.01. The standard InChI is InChI=1S/C22H19FN4O/c1-27-14-13-24-21(27)20(17-10-4-5-11-18(17)23)26-22(28)25-19-12-6-8-15-7-2-3-9-16(15)19/h2-14,20H,1H3,(H2,25,26,28). The quantitative estimate of drug-likeness (QED) is 0.547. The van der Waals surface area contributed by atoms with Gasteiger partial charge in [-0.2, -0.15) is 0 Å².